The van der Waals surface area contributed by atoms with Crippen molar-refractivity contribution in [3.63, 3.8) is 0 Å². The maximum atomic E-state index is 7.55. The van der Waals surface area contributed by atoms with Crippen molar-refractivity contribution in [2.24, 2.45) is 0 Å². The maximum absolute atomic E-state index is 7.55. The summed E-state index contributed by atoms with van der Waals surface area (Å²) in [6.07, 6.45) is 0. The van der Waals surface area contributed by atoms with Gasteiger partial charge < -0.3 is 29.1 Å². The lowest BCUT2D eigenvalue weighted by Gasteiger charge is -2.46. The molecule has 0 spiro atoms. The van der Waals surface area contributed by atoms with Crippen LogP contribution in [0.25, 0.3) is 20.2 Å². The molecule has 0 N–H and O–H groups in total. The fraction of sp³-hybridized carbons (Fsp3) is 0.0411. The Morgan fingerprint density at radius 3 is 1.30 bits per heavy atom. The molecule has 0 saturated carbocycles. The minimum absolute atomic E-state index is 0.0819. The molecule has 6 aliphatic heterocycles. The van der Waals surface area contributed by atoms with Crippen LogP contribution in [0, 0.1) is 20.8 Å². The van der Waals surface area contributed by atoms with Gasteiger partial charge in [-0.3, -0.25) is 0 Å². The second-order valence-electron chi connectivity index (χ2n) is 23.3. The lowest BCUT2D eigenvalue weighted by molar-refractivity contribution is 0.487. The van der Waals surface area contributed by atoms with Gasteiger partial charge in [0.05, 0.1) is 5.69 Å². The SMILES string of the molecule is Cc1cc2c3c(c1)N(c1ccccc1)c1cc4c(cc1B3c1cc3c(cc1O2)N(c1ccccc1)c1cc(C)cc2c1B3c1sc3ccccc3c1O2)B1c2sc3ccccc3c2N(c2ccccc2)c2cc(C)cc(c21)N4c1ccccc1. The zero-order valence-corrected chi connectivity index (χ0v) is 47.7. The molecule has 84 heavy (non-hydrogen) atoms. The van der Waals surface area contributed by atoms with Crippen molar-refractivity contribution >= 4 is 179 Å². The molecule has 0 saturated heterocycles. The van der Waals surface area contributed by atoms with Crippen LogP contribution in [0.3, 0.4) is 0 Å². The van der Waals surface area contributed by atoms with Gasteiger partial charge in [0.2, 0.25) is 0 Å². The van der Waals surface area contributed by atoms with Crippen molar-refractivity contribution in [2.45, 2.75) is 20.8 Å². The van der Waals surface area contributed by atoms with Crippen molar-refractivity contribution in [1.82, 2.24) is 0 Å². The van der Waals surface area contributed by atoms with Crippen molar-refractivity contribution in [3.05, 3.63) is 247 Å². The summed E-state index contributed by atoms with van der Waals surface area (Å²) in [7, 11) is 0. The Bertz CT molecular complexity index is 5010. The highest BCUT2D eigenvalue weighted by Gasteiger charge is 2.51. The number of aryl methyl sites for hydroxylation is 3. The lowest BCUT2D eigenvalue weighted by Crippen LogP contribution is -2.65. The first-order valence-electron chi connectivity index (χ1n) is 29.0. The van der Waals surface area contributed by atoms with Crippen LogP contribution in [0.15, 0.2) is 231 Å². The van der Waals surface area contributed by atoms with Gasteiger partial charge in [-0.05, 0) is 185 Å². The van der Waals surface area contributed by atoms with Crippen LogP contribution in [0.5, 0.6) is 23.0 Å². The topological polar surface area (TPSA) is 31.4 Å². The number of hydrogen-bond donors (Lipinski definition) is 0. The van der Waals surface area contributed by atoms with Crippen LogP contribution in [-0.4, -0.2) is 20.1 Å². The lowest BCUT2D eigenvalue weighted by atomic mass is 9.30. The predicted octanol–water partition coefficient (Wildman–Crippen LogP) is 13.9. The molecule has 11 heteroatoms. The number of para-hydroxylation sites is 4. The minimum atomic E-state index is -0.203. The third kappa shape index (κ3) is 6.37. The third-order valence-electron chi connectivity index (χ3n) is 18.3. The molecule has 6 aliphatic rings. The van der Waals surface area contributed by atoms with Crippen molar-refractivity contribution < 1.29 is 9.47 Å². The Morgan fingerprint density at radius 1 is 0.310 bits per heavy atom. The largest absolute Gasteiger partial charge is 0.458 e. The highest BCUT2D eigenvalue weighted by atomic mass is 32.1. The second kappa shape index (κ2) is 17.2. The zero-order chi connectivity index (χ0) is 55.2. The number of nitrogens with zero attached hydrogens (tertiary/aromatic N) is 4. The Morgan fingerprint density at radius 2 is 0.714 bits per heavy atom. The summed E-state index contributed by atoms with van der Waals surface area (Å²) in [4.78, 5) is 10.1. The Kier molecular flexibility index (Phi) is 9.60. The summed E-state index contributed by atoms with van der Waals surface area (Å²) in [6.45, 7) is 6.28. The minimum Gasteiger partial charge on any atom is -0.458 e. The van der Waals surface area contributed by atoms with Gasteiger partial charge in [-0.2, -0.15) is 0 Å². The standard InChI is InChI=1S/C73H47B3N4O2S2/c1-42-32-58-67-59(33-42)80(48-26-14-7-15-27-48)70-49-28-16-18-30-65(49)83-72(70)75(67)52-38-51-55(40-56(52)77(58)45-20-8-4-9-21-45)78(46-22-10-5-11-23-46)60-34-43(2)36-63-68(60)74(51)54-39-53-57(41-62(54)81-63)79(47-24-12-6-13-25-47)61-35-44(3)37-64-69(61)76(53)73-71(82-64)50-29-17-19-31-66(50)84-73/h4-41H,1-3H3. The molecule has 0 bridgehead atoms. The van der Waals surface area contributed by atoms with E-state index in [4.69, 9.17) is 9.47 Å². The summed E-state index contributed by atoms with van der Waals surface area (Å²) in [5, 5.41) is 2.42. The van der Waals surface area contributed by atoms with Gasteiger partial charge in [-0.25, -0.2) is 0 Å². The Balaban J connectivity index is 0.926. The average Bonchev–Trinajstić information content (AvgIpc) is 1.14. The summed E-state index contributed by atoms with van der Waals surface area (Å²) in [5.41, 5.74) is 26.0. The first kappa shape index (κ1) is 46.9. The van der Waals surface area contributed by atoms with Crippen LogP contribution in [0.1, 0.15) is 16.7 Å². The summed E-state index contributed by atoms with van der Waals surface area (Å²) < 4.78 is 19.8. The van der Waals surface area contributed by atoms with Gasteiger partial charge in [0.25, 0.3) is 20.1 Å². The smallest absolute Gasteiger partial charge is 0.268 e. The number of benzene rings is 11. The quantitative estimate of drug-likeness (QED) is 0.163. The van der Waals surface area contributed by atoms with Crippen molar-refractivity contribution in [1.29, 1.82) is 0 Å². The molecule has 0 atom stereocenters. The molecule has 0 aliphatic carbocycles. The van der Waals surface area contributed by atoms with E-state index in [9.17, 15) is 0 Å². The molecule has 0 radical (unpaired) electrons. The van der Waals surface area contributed by atoms with E-state index in [-0.39, 0.29) is 20.1 Å². The van der Waals surface area contributed by atoms with E-state index in [2.05, 4.69) is 271 Å². The van der Waals surface area contributed by atoms with Gasteiger partial charge >= 0.3 is 0 Å². The zero-order valence-electron chi connectivity index (χ0n) is 46.1. The first-order valence-corrected chi connectivity index (χ1v) is 30.6. The van der Waals surface area contributed by atoms with Gasteiger partial charge in [0.1, 0.15) is 23.0 Å². The van der Waals surface area contributed by atoms with Gasteiger partial charge in [0.15, 0.2) is 0 Å². The fourth-order valence-electron chi connectivity index (χ4n) is 15.1. The van der Waals surface area contributed by atoms with Gasteiger partial charge in [0, 0.05) is 98.4 Å². The van der Waals surface area contributed by atoms with Gasteiger partial charge in [-0.15, -0.1) is 22.7 Å². The van der Waals surface area contributed by atoms with E-state index >= 15 is 0 Å². The van der Waals surface area contributed by atoms with Crippen molar-refractivity contribution in [3.8, 4) is 23.0 Å². The van der Waals surface area contributed by atoms with Crippen LogP contribution < -0.4 is 76.9 Å². The Labute approximate surface area is 495 Å². The van der Waals surface area contributed by atoms with Crippen LogP contribution in [0.2, 0.25) is 0 Å². The highest BCUT2D eigenvalue weighted by Crippen LogP contribution is 2.52. The normalized spacial score (nSPS) is 14.2. The number of thiophene rings is 2. The third-order valence-corrected chi connectivity index (χ3v) is 20.8. The van der Waals surface area contributed by atoms with E-state index in [1.54, 1.807) is 0 Å². The number of rotatable bonds is 4. The molecule has 392 valence electrons. The second-order valence-corrected chi connectivity index (χ2v) is 25.5. The van der Waals surface area contributed by atoms with E-state index < -0.39 is 0 Å². The van der Waals surface area contributed by atoms with Gasteiger partial charge in [-0.1, -0.05) is 115 Å². The van der Waals surface area contributed by atoms with E-state index in [1.165, 1.54) is 85.4 Å². The van der Waals surface area contributed by atoms with Crippen LogP contribution >= 0.6 is 22.7 Å². The molecular formula is C73H47B3N4O2S2. The van der Waals surface area contributed by atoms with Crippen molar-refractivity contribution in [2.75, 3.05) is 19.6 Å². The molecule has 0 amide bonds. The van der Waals surface area contributed by atoms with Crippen LogP contribution in [-0.2, 0) is 0 Å². The fourth-order valence-corrected chi connectivity index (χ4v) is 17.7. The summed E-state index contributed by atoms with van der Waals surface area (Å²) in [5.74, 6) is 3.64. The summed E-state index contributed by atoms with van der Waals surface area (Å²) >= 11 is 3.81. The molecule has 2 aromatic heterocycles. The molecule has 13 aromatic rings. The molecule has 0 fully saturated rings. The number of hydrogen-bond acceptors (Lipinski definition) is 8. The molecular weight excluding hydrogens is 1060 g/mol. The van der Waals surface area contributed by atoms with E-state index in [1.807, 2.05) is 22.7 Å². The molecule has 0 unspecified atom stereocenters. The first-order chi connectivity index (χ1) is 41.4. The number of ether oxygens (including phenoxy) is 2. The number of anilines is 12. The molecule has 19 rings (SSSR count). The maximum Gasteiger partial charge on any atom is 0.268 e. The van der Waals surface area contributed by atoms with Crippen LogP contribution in [0.4, 0.5) is 68.2 Å². The van der Waals surface area contributed by atoms with E-state index in [0.29, 0.717) is 0 Å². The summed E-state index contributed by atoms with van der Waals surface area (Å²) in [6, 6.07) is 85.9. The van der Waals surface area contributed by atoms with E-state index in [0.717, 1.165) is 90.5 Å². The molecule has 11 aromatic carbocycles. The average molecular weight is 1110 g/mol. The predicted molar refractivity (Wildman–Crippen MR) is 357 cm³/mol. The number of fused-ring (bicyclic) bond motifs is 16. The highest BCUT2D eigenvalue weighted by molar-refractivity contribution is 7.34. The molecule has 6 nitrogen and oxygen atoms in total. The monoisotopic (exact) mass is 1110 g/mol. The molecule has 8 heterocycles. The Hall–Kier alpha value is -9.67.